The molecule has 0 aliphatic carbocycles. The van der Waals surface area contributed by atoms with E-state index in [0.29, 0.717) is 32.1 Å². The highest BCUT2D eigenvalue weighted by atomic mass is 32.1. The van der Waals surface area contributed by atoms with Gasteiger partial charge in [0.2, 0.25) is 0 Å². The smallest absolute Gasteiger partial charge is 0.251 e. The number of hydrogen-bond donors (Lipinski definition) is 1. The Morgan fingerprint density at radius 1 is 1.15 bits per heavy atom. The minimum absolute atomic E-state index is 0.190. The largest absolute Gasteiger partial charge is 0.384 e. The molecule has 1 amide bonds. The molecule has 5 heterocycles. The molecule has 10 heteroatoms. The Kier molecular flexibility index (Phi) is 6.73. The summed E-state index contributed by atoms with van der Waals surface area (Å²) >= 11 is 1.70. The Labute approximate surface area is 203 Å². The van der Waals surface area contributed by atoms with Crippen LogP contribution >= 0.6 is 11.3 Å². The van der Waals surface area contributed by atoms with Gasteiger partial charge in [-0.15, -0.1) is 11.3 Å². The van der Waals surface area contributed by atoms with E-state index in [1.807, 2.05) is 25.3 Å². The molecule has 0 bridgehead atoms. The molecule has 0 aromatic carbocycles. The standard InChI is InChI=1S/C24H30N6O3S/c1-16-3-4-18(14-25-16)21-26-22(29-9-11-33-12-10-29)20-13-19(34-23(20)27-21)15-28-5-7-30(8-6-28)24(32)17(2)31/h3-4,13-14,17,31H,5-12,15H2,1-2H3/t17-/m0/s1. The number of aliphatic hydroxyl groups is 1. The van der Waals surface area contributed by atoms with Crippen LogP contribution in [0.4, 0.5) is 5.82 Å². The first-order valence-electron chi connectivity index (χ1n) is 11.7. The van der Waals surface area contributed by atoms with E-state index in [1.54, 1.807) is 16.2 Å². The number of aromatic nitrogens is 3. The van der Waals surface area contributed by atoms with E-state index in [1.165, 1.54) is 11.8 Å². The van der Waals surface area contributed by atoms with Gasteiger partial charge in [0, 0.05) is 68.1 Å². The number of rotatable bonds is 5. The SMILES string of the molecule is Cc1ccc(-c2nc(N3CCOCC3)c3cc(CN4CCN(C(=O)[C@H](C)O)CC4)sc3n2)cn1. The van der Waals surface area contributed by atoms with Gasteiger partial charge in [-0.3, -0.25) is 14.7 Å². The first-order valence-corrected chi connectivity index (χ1v) is 12.5. The fourth-order valence-corrected chi connectivity index (χ4v) is 5.46. The minimum atomic E-state index is -0.941. The van der Waals surface area contributed by atoms with Gasteiger partial charge < -0.3 is 19.6 Å². The predicted molar refractivity (Wildman–Crippen MR) is 132 cm³/mol. The third kappa shape index (κ3) is 4.90. The zero-order valence-electron chi connectivity index (χ0n) is 19.6. The number of aryl methyl sites for hydroxylation is 1. The fourth-order valence-electron chi connectivity index (χ4n) is 4.39. The summed E-state index contributed by atoms with van der Waals surface area (Å²) in [6.07, 6.45) is 0.895. The Morgan fingerprint density at radius 3 is 2.59 bits per heavy atom. The maximum Gasteiger partial charge on any atom is 0.251 e. The van der Waals surface area contributed by atoms with E-state index in [4.69, 9.17) is 14.7 Å². The van der Waals surface area contributed by atoms with Crippen LogP contribution in [0.5, 0.6) is 0 Å². The number of pyridine rings is 1. The average molecular weight is 483 g/mol. The van der Waals surface area contributed by atoms with Gasteiger partial charge in [0.1, 0.15) is 16.8 Å². The van der Waals surface area contributed by atoms with E-state index in [2.05, 4.69) is 20.9 Å². The summed E-state index contributed by atoms with van der Waals surface area (Å²) in [5.74, 6) is 1.46. The summed E-state index contributed by atoms with van der Waals surface area (Å²) in [6.45, 7) is 10.2. The van der Waals surface area contributed by atoms with Gasteiger partial charge in [-0.1, -0.05) is 0 Å². The Hall–Kier alpha value is -2.66. The topological polar surface area (TPSA) is 94.9 Å². The lowest BCUT2D eigenvalue weighted by Gasteiger charge is -2.35. The zero-order chi connectivity index (χ0) is 23.7. The maximum absolute atomic E-state index is 12.1. The molecule has 180 valence electrons. The highest BCUT2D eigenvalue weighted by Crippen LogP contribution is 2.34. The molecule has 9 nitrogen and oxygen atoms in total. The van der Waals surface area contributed by atoms with Crippen LogP contribution < -0.4 is 4.90 Å². The number of hydrogen-bond acceptors (Lipinski definition) is 9. The lowest BCUT2D eigenvalue weighted by atomic mass is 10.2. The van der Waals surface area contributed by atoms with Gasteiger partial charge in [0.25, 0.3) is 5.91 Å². The summed E-state index contributed by atoms with van der Waals surface area (Å²) < 4.78 is 5.56. The third-order valence-corrected chi connectivity index (χ3v) is 7.34. The maximum atomic E-state index is 12.1. The zero-order valence-corrected chi connectivity index (χ0v) is 20.4. The lowest BCUT2D eigenvalue weighted by molar-refractivity contribution is -0.141. The number of amides is 1. The number of nitrogens with zero attached hydrogens (tertiary/aromatic N) is 6. The number of morpholine rings is 1. The summed E-state index contributed by atoms with van der Waals surface area (Å²) in [4.78, 5) is 35.0. The Balaban J connectivity index is 1.41. The highest BCUT2D eigenvalue weighted by Gasteiger charge is 2.25. The van der Waals surface area contributed by atoms with Crippen LogP contribution in [0.1, 0.15) is 17.5 Å². The third-order valence-electron chi connectivity index (χ3n) is 6.32. The number of anilines is 1. The van der Waals surface area contributed by atoms with E-state index >= 15 is 0 Å². The second-order valence-corrected chi connectivity index (χ2v) is 9.98. The minimum Gasteiger partial charge on any atom is -0.384 e. The lowest BCUT2D eigenvalue weighted by Crippen LogP contribution is -2.50. The van der Waals surface area contributed by atoms with Crippen molar-refractivity contribution in [2.45, 2.75) is 26.5 Å². The molecule has 0 saturated carbocycles. The molecule has 3 aromatic heterocycles. The van der Waals surface area contributed by atoms with Gasteiger partial charge in [-0.05, 0) is 32.0 Å². The second kappa shape index (κ2) is 9.91. The first-order chi connectivity index (χ1) is 16.5. The molecule has 3 aromatic rings. The van der Waals surface area contributed by atoms with E-state index < -0.39 is 6.10 Å². The number of ether oxygens (including phenoxy) is 1. The number of piperazine rings is 1. The van der Waals surface area contributed by atoms with Crippen LogP contribution in [0.25, 0.3) is 21.6 Å². The molecule has 2 aliphatic heterocycles. The molecule has 2 fully saturated rings. The van der Waals surface area contributed by atoms with Crippen molar-refractivity contribution in [1.29, 1.82) is 0 Å². The number of fused-ring (bicyclic) bond motifs is 1. The molecule has 0 spiro atoms. The van der Waals surface area contributed by atoms with Crippen molar-refractivity contribution in [3.05, 3.63) is 35.0 Å². The molecule has 1 N–H and O–H groups in total. The second-order valence-electron chi connectivity index (χ2n) is 8.87. The molecule has 5 rings (SSSR count). The molecular formula is C24H30N6O3S. The predicted octanol–water partition coefficient (Wildman–Crippen LogP) is 1.92. The van der Waals surface area contributed by atoms with Crippen molar-refractivity contribution in [2.24, 2.45) is 0 Å². The summed E-state index contributed by atoms with van der Waals surface area (Å²) in [5.41, 5.74) is 1.88. The van der Waals surface area contributed by atoms with Crippen molar-refractivity contribution < 1.29 is 14.6 Å². The van der Waals surface area contributed by atoms with Gasteiger partial charge in [-0.2, -0.15) is 0 Å². The first kappa shape index (κ1) is 23.1. The molecular weight excluding hydrogens is 452 g/mol. The van der Waals surface area contributed by atoms with Crippen molar-refractivity contribution in [3.63, 3.8) is 0 Å². The van der Waals surface area contributed by atoms with E-state index in [0.717, 1.165) is 60.0 Å². The van der Waals surface area contributed by atoms with Crippen molar-refractivity contribution >= 4 is 33.3 Å². The van der Waals surface area contributed by atoms with Gasteiger partial charge >= 0.3 is 0 Å². The van der Waals surface area contributed by atoms with Crippen LogP contribution in [0, 0.1) is 6.92 Å². The summed E-state index contributed by atoms with van der Waals surface area (Å²) in [6, 6.07) is 6.23. The highest BCUT2D eigenvalue weighted by molar-refractivity contribution is 7.18. The van der Waals surface area contributed by atoms with Crippen molar-refractivity contribution in [2.75, 3.05) is 57.4 Å². The van der Waals surface area contributed by atoms with Crippen LogP contribution in [0.15, 0.2) is 24.4 Å². The summed E-state index contributed by atoms with van der Waals surface area (Å²) in [5, 5.41) is 10.7. The van der Waals surface area contributed by atoms with Crippen LogP contribution in [0.2, 0.25) is 0 Å². The molecule has 2 aliphatic rings. The van der Waals surface area contributed by atoms with Crippen molar-refractivity contribution in [3.8, 4) is 11.4 Å². The normalized spacial score (nSPS) is 18.4. The quantitative estimate of drug-likeness (QED) is 0.590. The Morgan fingerprint density at radius 2 is 1.91 bits per heavy atom. The van der Waals surface area contributed by atoms with Crippen molar-refractivity contribution in [1.82, 2.24) is 24.8 Å². The van der Waals surface area contributed by atoms with E-state index in [9.17, 15) is 9.90 Å². The van der Waals surface area contributed by atoms with Crippen LogP contribution in [-0.4, -0.2) is 94.4 Å². The molecule has 0 unspecified atom stereocenters. The van der Waals surface area contributed by atoms with Gasteiger partial charge in [-0.25, -0.2) is 9.97 Å². The van der Waals surface area contributed by atoms with E-state index in [-0.39, 0.29) is 5.91 Å². The number of thiophene rings is 1. The number of carbonyl (C=O) groups is 1. The molecule has 34 heavy (non-hydrogen) atoms. The van der Waals surface area contributed by atoms with Crippen LogP contribution in [0.3, 0.4) is 0 Å². The number of carbonyl (C=O) groups excluding carboxylic acids is 1. The molecule has 2 saturated heterocycles. The Bertz CT molecular complexity index is 1150. The number of aliphatic hydroxyl groups excluding tert-OH is 1. The molecule has 1 atom stereocenters. The van der Waals surface area contributed by atoms with Gasteiger partial charge in [0.05, 0.1) is 18.6 Å². The van der Waals surface area contributed by atoms with Gasteiger partial charge in [0.15, 0.2) is 5.82 Å². The fraction of sp³-hybridized carbons (Fsp3) is 0.500. The van der Waals surface area contributed by atoms with Crippen LogP contribution in [-0.2, 0) is 16.1 Å². The average Bonchev–Trinajstić information content (AvgIpc) is 3.26. The summed E-state index contributed by atoms with van der Waals surface area (Å²) in [7, 11) is 0. The molecule has 0 radical (unpaired) electrons. The monoisotopic (exact) mass is 482 g/mol.